The highest BCUT2D eigenvalue weighted by Gasteiger charge is 2.14. The van der Waals surface area contributed by atoms with Crippen molar-refractivity contribution in [3.05, 3.63) is 71.8 Å². The highest BCUT2D eigenvalue weighted by Crippen LogP contribution is 2.36. The molecule has 6 nitrogen and oxygen atoms in total. The van der Waals surface area contributed by atoms with E-state index in [1.54, 1.807) is 4.90 Å². The van der Waals surface area contributed by atoms with Crippen LogP contribution in [0, 0.1) is 0 Å². The predicted octanol–water partition coefficient (Wildman–Crippen LogP) is 6.75. The van der Waals surface area contributed by atoms with E-state index in [2.05, 4.69) is 77.7 Å². The van der Waals surface area contributed by atoms with Gasteiger partial charge in [-0.2, -0.15) is 0 Å². The molecule has 0 aromatic heterocycles. The van der Waals surface area contributed by atoms with Crippen LogP contribution in [0.2, 0.25) is 0 Å². The molecule has 0 atom stereocenters. The van der Waals surface area contributed by atoms with Gasteiger partial charge in [0.25, 0.3) is 0 Å². The number of carbonyl (C=O) groups is 1. The van der Waals surface area contributed by atoms with Gasteiger partial charge in [0.1, 0.15) is 0 Å². The maximum absolute atomic E-state index is 12.3. The number of hydrogen-bond donors (Lipinski definition) is 1. The first kappa shape index (κ1) is 35.3. The van der Waals surface area contributed by atoms with Crippen LogP contribution in [0.25, 0.3) is 0 Å². The molecule has 0 saturated carbocycles. The van der Waals surface area contributed by atoms with Crippen molar-refractivity contribution in [1.29, 1.82) is 0 Å². The number of nitrogens with zero attached hydrogens (tertiary/aromatic N) is 1. The zero-order valence-electron chi connectivity index (χ0n) is 25.6. The van der Waals surface area contributed by atoms with Crippen molar-refractivity contribution in [1.82, 2.24) is 10.2 Å². The monoisotopic (exact) mass is 586 g/mol. The standard InChI is InChI=1S/C34H54N2O4S/c1-35-22-24-38-26-28-40-29-27-39-25-23-36(2)33(37)21-15-7-5-3-4-6-8-16-30-41-34(31-17-11-9-12-18-31)32-19-13-10-14-20-32/h9-14,17-20,34-35H,3-8,15-16,21-30H2,1-2H3. The number of likely N-dealkylation sites (N-methyl/N-ethyl adjacent to an activating group) is 2. The summed E-state index contributed by atoms with van der Waals surface area (Å²) < 4.78 is 16.5. The van der Waals surface area contributed by atoms with Gasteiger partial charge in [0.05, 0.1) is 44.9 Å². The maximum atomic E-state index is 12.3. The van der Waals surface area contributed by atoms with E-state index in [0.717, 1.165) is 19.4 Å². The molecule has 0 unspecified atom stereocenters. The summed E-state index contributed by atoms with van der Waals surface area (Å²) >= 11 is 2.06. The topological polar surface area (TPSA) is 60.0 Å². The van der Waals surface area contributed by atoms with Crippen LogP contribution in [-0.4, -0.2) is 83.4 Å². The SMILES string of the molecule is CNCCOCCOCCOCCN(C)C(=O)CCCCCCCCCCSC(c1ccccc1)c1ccccc1. The quantitative estimate of drug-likeness (QED) is 0.123. The van der Waals surface area contributed by atoms with Crippen molar-refractivity contribution in [3.8, 4) is 0 Å². The Bertz CT molecular complexity index is 832. The summed E-state index contributed by atoms with van der Waals surface area (Å²) in [5.41, 5.74) is 2.78. The van der Waals surface area contributed by atoms with Crippen LogP contribution in [0.1, 0.15) is 74.2 Å². The third kappa shape index (κ3) is 17.6. The number of hydrogen-bond acceptors (Lipinski definition) is 6. The molecule has 0 bridgehead atoms. The van der Waals surface area contributed by atoms with Gasteiger partial charge in [-0.05, 0) is 36.8 Å². The molecule has 0 aliphatic heterocycles. The van der Waals surface area contributed by atoms with Crippen LogP contribution in [0.15, 0.2) is 60.7 Å². The molecule has 0 heterocycles. The largest absolute Gasteiger partial charge is 0.378 e. The molecule has 0 aliphatic rings. The molecule has 230 valence electrons. The van der Waals surface area contributed by atoms with Crippen molar-refractivity contribution in [2.24, 2.45) is 0 Å². The van der Waals surface area contributed by atoms with Crippen LogP contribution >= 0.6 is 11.8 Å². The van der Waals surface area contributed by atoms with Gasteiger partial charge in [-0.1, -0.05) is 99.2 Å². The second-order valence-corrected chi connectivity index (χ2v) is 11.6. The molecule has 0 spiro atoms. The molecule has 0 aliphatic carbocycles. The van der Waals surface area contributed by atoms with Crippen LogP contribution in [-0.2, 0) is 19.0 Å². The number of thioether (sulfide) groups is 1. The molecule has 0 fully saturated rings. The molecule has 1 N–H and O–H groups in total. The lowest BCUT2D eigenvalue weighted by Crippen LogP contribution is -2.30. The predicted molar refractivity (Wildman–Crippen MR) is 173 cm³/mol. The highest BCUT2D eigenvalue weighted by molar-refractivity contribution is 7.99. The van der Waals surface area contributed by atoms with E-state index in [1.165, 1.54) is 55.4 Å². The second-order valence-electron chi connectivity index (χ2n) is 10.4. The number of rotatable bonds is 26. The third-order valence-electron chi connectivity index (χ3n) is 7.01. The van der Waals surface area contributed by atoms with E-state index >= 15 is 0 Å². The fraction of sp³-hybridized carbons (Fsp3) is 0.618. The first-order valence-electron chi connectivity index (χ1n) is 15.6. The zero-order chi connectivity index (χ0) is 29.2. The summed E-state index contributed by atoms with van der Waals surface area (Å²) in [7, 11) is 3.77. The summed E-state index contributed by atoms with van der Waals surface area (Å²) in [6, 6.07) is 21.7. The molecule has 2 aromatic rings. The molecule has 0 radical (unpaired) electrons. The number of unbranched alkanes of at least 4 members (excludes halogenated alkanes) is 7. The van der Waals surface area contributed by atoms with Crippen molar-refractivity contribution in [3.63, 3.8) is 0 Å². The summed E-state index contributed by atoms with van der Waals surface area (Å²) in [6.45, 7) is 4.99. The third-order valence-corrected chi connectivity index (χ3v) is 8.41. The van der Waals surface area contributed by atoms with Crippen molar-refractivity contribution in [2.75, 3.05) is 72.6 Å². The second kappa shape index (κ2) is 24.7. The van der Waals surface area contributed by atoms with Crippen LogP contribution in [0.5, 0.6) is 0 Å². The smallest absolute Gasteiger partial charge is 0.222 e. The molecule has 0 saturated heterocycles. The zero-order valence-corrected chi connectivity index (χ0v) is 26.4. The van der Waals surface area contributed by atoms with Crippen molar-refractivity contribution in [2.45, 2.75) is 63.0 Å². The molecular formula is C34H54N2O4S. The molecule has 1 amide bonds. The summed E-state index contributed by atoms with van der Waals surface area (Å²) in [6.07, 6.45) is 10.4. The Balaban J connectivity index is 1.39. The molecule has 41 heavy (non-hydrogen) atoms. The first-order chi connectivity index (χ1) is 20.2. The van der Waals surface area contributed by atoms with Gasteiger partial charge < -0.3 is 24.4 Å². The fourth-order valence-corrected chi connectivity index (χ4v) is 5.82. The molecule has 2 rings (SSSR count). The average Bonchev–Trinajstić information content (AvgIpc) is 3.01. The average molecular weight is 587 g/mol. The van der Waals surface area contributed by atoms with E-state index in [9.17, 15) is 4.79 Å². The van der Waals surface area contributed by atoms with E-state index in [-0.39, 0.29) is 5.91 Å². The van der Waals surface area contributed by atoms with E-state index in [4.69, 9.17) is 14.2 Å². The Labute approximate surface area is 253 Å². The van der Waals surface area contributed by atoms with E-state index in [1.807, 2.05) is 14.1 Å². The van der Waals surface area contributed by atoms with E-state index in [0.29, 0.717) is 57.9 Å². The lowest BCUT2D eigenvalue weighted by Gasteiger charge is -2.17. The van der Waals surface area contributed by atoms with Gasteiger partial charge in [0.15, 0.2) is 0 Å². The Morgan fingerprint density at radius 1 is 0.707 bits per heavy atom. The highest BCUT2D eigenvalue weighted by atomic mass is 32.2. The maximum Gasteiger partial charge on any atom is 0.222 e. The summed E-state index contributed by atoms with van der Waals surface area (Å²) in [4.78, 5) is 14.1. The van der Waals surface area contributed by atoms with Gasteiger partial charge in [0, 0.05) is 26.6 Å². The Morgan fingerprint density at radius 2 is 1.20 bits per heavy atom. The first-order valence-corrected chi connectivity index (χ1v) is 16.6. The van der Waals surface area contributed by atoms with E-state index < -0.39 is 0 Å². The van der Waals surface area contributed by atoms with Crippen molar-refractivity contribution >= 4 is 17.7 Å². The lowest BCUT2D eigenvalue weighted by atomic mass is 10.0. The normalized spacial score (nSPS) is 11.3. The van der Waals surface area contributed by atoms with Gasteiger partial charge >= 0.3 is 0 Å². The number of benzene rings is 2. The summed E-state index contributed by atoms with van der Waals surface area (Å²) in [5, 5.41) is 3.45. The van der Waals surface area contributed by atoms with Gasteiger partial charge in [-0.25, -0.2) is 0 Å². The molecular weight excluding hydrogens is 532 g/mol. The number of ether oxygens (including phenoxy) is 3. The van der Waals surface area contributed by atoms with Gasteiger partial charge in [-0.3, -0.25) is 4.79 Å². The number of nitrogens with one attached hydrogen (secondary N) is 1. The van der Waals surface area contributed by atoms with Crippen molar-refractivity contribution < 1.29 is 19.0 Å². The Kier molecular flexibility index (Phi) is 21.2. The lowest BCUT2D eigenvalue weighted by molar-refractivity contribution is -0.130. The number of carbonyl (C=O) groups excluding carboxylic acids is 1. The van der Waals surface area contributed by atoms with Crippen LogP contribution in [0.3, 0.4) is 0 Å². The van der Waals surface area contributed by atoms with Gasteiger partial charge in [-0.15, -0.1) is 11.8 Å². The Morgan fingerprint density at radius 3 is 1.76 bits per heavy atom. The minimum atomic E-state index is 0.213. The summed E-state index contributed by atoms with van der Waals surface area (Å²) in [5.74, 6) is 1.40. The van der Waals surface area contributed by atoms with Crippen LogP contribution < -0.4 is 5.32 Å². The van der Waals surface area contributed by atoms with Crippen LogP contribution in [0.4, 0.5) is 0 Å². The number of amides is 1. The van der Waals surface area contributed by atoms with Gasteiger partial charge in [0.2, 0.25) is 5.91 Å². The Hall–Kier alpha value is -1.90. The fourth-order valence-electron chi connectivity index (χ4n) is 4.51. The molecule has 2 aromatic carbocycles. The molecule has 7 heteroatoms. The minimum Gasteiger partial charge on any atom is -0.378 e. The minimum absolute atomic E-state index is 0.213.